The van der Waals surface area contributed by atoms with Crippen LogP contribution in [0.25, 0.3) is 0 Å². The van der Waals surface area contributed by atoms with E-state index >= 15 is 0 Å². The van der Waals surface area contributed by atoms with Gasteiger partial charge >= 0.3 is 0 Å². The Kier molecular flexibility index (Phi) is 5.07. The van der Waals surface area contributed by atoms with Gasteiger partial charge in [0.1, 0.15) is 23.1 Å². The van der Waals surface area contributed by atoms with Gasteiger partial charge in [-0.1, -0.05) is 6.07 Å². The van der Waals surface area contributed by atoms with E-state index in [4.69, 9.17) is 4.74 Å². The molecule has 1 aromatic heterocycles. The smallest absolute Gasteiger partial charge is 0.257 e. The summed E-state index contributed by atoms with van der Waals surface area (Å²) in [6.07, 6.45) is 2.85. The van der Waals surface area contributed by atoms with E-state index in [9.17, 15) is 13.6 Å². The number of anilines is 3. The maximum Gasteiger partial charge on any atom is 0.257 e. The van der Waals surface area contributed by atoms with Gasteiger partial charge in [0, 0.05) is 11.9 Å². The summed E-state index contributed by atoms with van der Waals surface area (Å²) < 4.78 is 32.4. The van der Waals surface area contributed by atoms with Crippen molar-refractivity contribution in [2.75, 3.05) is 17.7 Å². The first kappa shape index (κ1) is 17.3. The van der Waals surface area contributed by atoms with Crippen molar-refractivity contribution >= 4 is 23.0 Å². The van der Waals surface area contributed by atoms with Crippen LogP contribution >= 0.6 is 0 Å². The van der Waals surface area contributed by atoms with E-state index in [1.54, 1.807) is 31.4 Å². The molecule has 1 heterocycles. The Bertz CT molecular complexity index is 910. The Labute approximate surface area is 148 Å². The van der Waals surface area contributed by atoms with E-state index in [0.717, 1.165) is 17.8 Å². The third-order valence-corrected chi connectivity index (χ3v) is 3.58. The number of para-hydroxylation sites is 1. The lowest BCUT2D eigenvalue weighted by Crippen LogP contribution is -2.14. The molecule has 0 unspecified atom stereocenters. The van der Waals surface area contributed by atoms with Crippen LogP contribution in [0, 0.1) is 11.6 Å². The van der Waals surface area contributed by atoms with Crippen LogP contribution in [0.1, 0.15) is 10.4 Å². The zero-order valence-electron chi connectivity index (χ0n) is 13.8. The van der Waals surface area contributed by atoms with Crippen LogP contribution < -0.4 is 15.4 Å². The lowest BCUT2D eigenvalue weighted by Gasteiger charge is -2.10. The molecule has 1 amide bonds. The number of nitrogens with one attached hydrogen (secondary N) is 2. The van der Waals surface area contributed by atoms with E-state index in [1.165, 1.54) is 24.5 Å². The second kappa shape index (κ2) is 7.60. The number of aromatic nitrogens is 1. The Balaban J connectivity index is 1.76. The van der Waals surface area contributed by atoms with E-state index in [2.05, 4.69) is 15.6 Å². The molecule has 3 rings (SSSR count). The summed E-state index contributed by atoms with van der Waals surface area (Å²) in [4.78, 5) is 16.3. The van der Waals surface area contributed by atoms with Gasteiger partial charge in [-0.05, 0) is 42.5 Å². The van der Waals surface area contributed by atoms with Crippen molar-refractivity contribution in [2.24, 2.45) is 0 Å². The number of carbonyl (C=O) groups is 1. The molecule has 0 saturated carbocycles. The van der Waals surface area contributed by atoms with Crippen LogP contribution in [0.3, 0.4) is 0 Å². The number of methoxy groups -OCH3 is 1. The summed E-state index contributed by atoms with van der Waals surface area (Å²) in [7, 11) is 1.58. The third kappa shape index (κ3) is 3.94. The zero-order chi connectivity index (χ0) is 18.5. The van der Waals surface area contributed by atoms with E-state index in [0.29, 0.717) is 11.4 Å². The largest absolute Gasteiger partial charge is 0.497 e. The number of ether oxygens (including phenoxy) is 1. The number of benzene rings is 2. The van der Waals surface area contributed by atoms with Crippen LogP contribution in [0.15, 0.2) is 60.9 Å². The van der Waals surface area contributed by atoms with Crippen LogP contribution in [0.4, 0.5) is 25.8 Å². The predicted molar refractivity (Wildman–Crippen MR) is 94.8 cm³/mol. The topological polar surface area (TPSA) is 63.2 Å². The summed E-state index contributed by atoms with van der Waals surface area (Å²) in [5, 5.41) is 5.32. The maximum absolute atomic E-state index is 13.7. The maximum atomic E-state index is 13.7. The normalized spacial score (nSPS) is 10.3. The lowest BCUT2D eigenvalue weighted by molar-refractivity contribution is 0.102. The van der Waals surface area contributed by atoms with Gasteiger partial charge < -0.3 is 15.4 Å². The molecule has 0 aliphatic carbocycles. The number of pyridine rings is 1. The fraction of sp³-hybridized carbons (Fsp3) is 0.0526. The number of carbonyl (C=O) groups excluding carboxylic acids is 1. The average molecular weight is 355 g/mol. The second-order valence-corrected chi connectivity index (χ2v) is 5.37. The van der Waals surface area contributed by atoms with Crippen molar-refractivity contribution in [3.05, 3.63) is 78.1 Å². The Morgan fingerprint density at radius 1 is 1.00 bits per heavy atom. The summed E-state index contributed by atoms with van der Waals surface area (Å²) in [6, 6.07) is 12.1. The molecular weight excluding hydrogens is 340 g/mol. The van der Waals surface area contributed by atoms with Crippen LogP contribution in [0.2, 0.25) is 0 Å². The molecule has 5 nitrogen and oxygen atoms in total. The molecule has 0 fully saturated rings. The highest BCUT2D eigenvalue weighted by molar-refractivity contribution is 6.04. The highest BCUT2D eigenvalue weighted by Gasteiger charge is 2.14. The van der Waals surface area contributed by atoms with Crippen LogP contribution in [0.5, 0.6) is 5.75 Å². The molecule has 2 aromatic carbocycles. The highest BCUT2D eigenvalue weighted by atomic mass is 19.1. The molecule has 0 spiro atoms. The monoisotopic (exact) mass is 355 g/mol. The van der Waals surface area contributed by atoms with Crippen molar-refractivity contribution in [2.45, 2.75) is 0 Å². The van der Waals surface area contributed by atoms with Crippen molar-refractivity contribution in [1.82, 2.24) is 4.98 Å². The first-order valence-electron chi connectivity index (χ1n) is 7.68. The number of nitrogens with zero attached hydrogens (tertiary/aromatic N) is 1. The number of hydrogen-bond acceptors (Lipinski definition) is 4. The fourth-order valence-corrected chi connectivity index (χ4v) is 2.28. The quantitative estimate of drug-likeness (QED) is 0.714. The molecule has 0 aliphatic rings. The SMILES string of the molecule is COc1ccc(Nc2cncc(C(=O)Nc3c(F)cccc3F)c2)cc1. The van der Waals surface area contributed by atoms with Crippen molar-refractivity contribution in [3.8, 4) is 5.75 Å². The first-order chi connectivity index (χ1) is 12.6. The molecule has 26 heavy (non-hydrogen) atoms. The Morgan fingerprint density at radius 3 is 2.35 bits per heavy atom. The molecule has 0 aliphatic heterocycles. The Morgan fingerprint density at radius 2 is 1.69 bits per heavy atom. The number of halogens is 2. The van der Waals surface area contributed by atoms with Gasteiger partial charge in [-0.25, -0.2) is 8.78 Å². The molecule has 0 bridgehead atoms. The van der Waals surface area contributed by atoms with E-state index < -0.39 is 23.2 Å². The first-order valence-corrected chi connectivity index (χ1v) is 7.68. The van der Waals surface area contributed by atoms with E-state index in [-0.39, 0.29) is 5.56 Å². The third-order valence-electron chi connectivity index (χ3n) is 3.58. The minimum absolute atomic E-state index is 0.158. The standard InChI is InChI=1S/C19H15F2N3O2/c1-26-15-7-5-13(6-8-15)23-14-9-12(10-22-11-14)19(25)24-18-16(20)3-2-4-17(18)21/h2-11,23H,1H3,(H,24,25). The summed E-state index contributed by atoms with van der Waals surface area (Å²) in [5.41, 5.74) is 0.985. The van der Waals surface area contributed by atoms with Gasteiger partial charge in [0.15, 0.2) is 0 Å². The van der Waals surface area contributed by atoms with Gasteiger partial charge in [-0.2, -0.15) is 0 Å². The van der Waals surface area contributed by atoms with Gasteiger partial charge in [-0.3, -0.25) is 9.78 Å². The molecule has 2 N–H and O–H groups in total. The zero-order valence-corrected chi connectivity index (χ0v) is 13.8. The average Bonchev–Trinajstić information content (AvgIpc) is 2.65. The Hall–Kier alpha value is -3.48. The van der Waals surface area contributed by atoms with Gasteiger partial charge in [0.05, 0.1) is 24.6 Å². The highest BCUT2D eigenvalue weighted by Crippen LogP contribution is 2.22. The number of rotatable bonds is 5. The lowest BCUT2D eigenvalue weighted by atomic mass is 10.2. The van der Waals surface area contributed by atoms with Crippen LogP contribution in [-0.4, -0.2) is 18.0 Å². The summed E-state index contributed by atoms with van der Waals surface area (Å²) in [6.45, 7) is 0. The molecule has 0 radical (unpaired) electrons. The minimum atomic E-state index is -0.848. The molecule has 7 heteroatoms. The number of hydrogen-bond donors (Lipinski definition) is 2. The summed E-state index contributed by atoms with van der Waals surface area (Å²) >= 11 is 0. The molecule has 0 atom stereocenters. The van der Waals surface area contributed by atoms with Crippen molar-refractivity contribution < 1.29 is 18.3 Å². The second-order valence-electron chi connectivity index (χ2n) is 5.37. The van der Waals surface area contributed by atoms with Crippen LogP contribution in [-0.2, 0) is 0 Å². The molecule has 0 saturated heterocycles. The molecular formula is C19H15F2N3O2. The van der Waals surface area contributed by atoms with Gasteiger partial charge in [0.2, 0.25) is 0 Å². The predicted octanol–water partition coefficient (Wildman–Crippen LogP) is 4.36. The minimum Gasteiger partial charge on any atom is -0.497 e. The molecule has 3 aromatic rings. The van der Waals surface area contributed by atoms with Crippen molar-refractivity contribution in [3.63, 3.8) is 0 Å². The molecule has 132 valence electrons. The summed E-state index contributed by atoms with van der Waals surface area (Å²) in [5.74, 6) is -1.65. The van der Waals surface area contributed by atoms with E-state index in [1.807, 2.05) is 0 Å². The number of amides is 1. The van der Waals surface area contributed by atoms with Gasteiger partial charge in [-0.15, -0.1) is 0 Å². The fourth-order valence-electron chi connectivity index (χ4n) is 2.28. The van der Waals surface area contributed by atoms with Gasteiger partial charge in [0.25, 0.3) is 5.91 Å². The van der Waals surface area contributed by atoms with Crippen molar-refractivity contribution in [1.29, 1.82) is 0 Å².